The molecule has 0 saturated heterocycles. The predicted molar refractivity (Wildman–Crippen MR) is 81.0 cm³/mol. The summed E-state index contributed by atoms with van der Waals surface area (Å²) < 4.78 is 0. The Balaban J connectivity index is 2.61. The summed E-state index contributed by atoms with van der Waals surface area (Å²) in [6.07, 6.45) is 2.62. The lowest BCUT2D eigenvalue weighted by Gasteiger charge is -2.23. The van der Waals surface area contributed by atoms with E-state index in [9.17, 15) is 0 Å². The maximum absolute atomic E-state index is 3.51. The number of benzene rings is 1. The number of rotatable bonds is 8. The first-order valence-corrected chi connectivity index (χ1v) is 7.39. The summed E-state index contributed by atoms with van der Waals surface area (Å²) in [7, 11) is 0. The topological polar surface area (TPSA) is 12.0 Å². The minimum absolute atomic E-state index is 0.653. The SMILES string of the molecule is CCNCC(CC(C)CC(C)C)c1ccccc1. The van der Waals surface area contributed by atoms with Crippen molar-refractivity contribution in [1.29, 1.82) is 0 Å². The largest absolute Gasteiger partial charge is 0.316 e. The van der Waals surface area contributed by atoms with Crippen LogP contribution in [0.2, 0.25) is 0 Å². The summed E-state index contributed by atoms with van der Waals surface area (Å²) >= 11 is 0. The molecule has 0 aliphatic heterocycles. The minimum Gasteiger partial charge on any atom is -0.316 e. The van der Waals surface area contributed by atoms with E-state index in [0.717, 1.165) is 24.9 Å². The third-order valence-corrected chi connectivity index (χ3v) is 3.47. The normalized spacial score (nSPS) is 14.7. The molecule has 0 aliphatic rings. The Hall–Kier alpha value is -0.820. The second-order valence-corrected chi connectivity index (χ2v) is 5.89. The summed E-state index contributed by atoms with van der Waals surface area (Å²) in [5.74, 6) is 2.25. The van der Waals surface area contributed by atoms with Gasteiger partial charge in [-0.1, -0.05) is 58.0 Å². The van der Waals surface area contributed by atoms with E-state index in [1.54, 1.807) is 0 Å². The summed E-state index contributed by atoms with van der Waals surface area (Å²) in [5.41, 5.74) is 1.48. The predicted octanol–water partition coefficient (Wildman–Crippen LogP) is 4.45. The molecule has 1 N–H and O–H groups in total. The lowest BCUT2D eigenvalue weighted by molar-refractivity contribution is 0.378. The molecule has 0 bridgehead atoms. The molecule has 1 nitrogen and oxygen atoms in total. The average molecular weight is 247 g/mol. The fourth-order valence-electron chi connectivity index (χ4n) is 2.77. The van der Waals surface area contributed by atoms with Crippen LogP contribution >= 0.6 is 0 Å². The highest BCUT2D eigenvalue weighted by molar-refractivity contribution is 5.19. The summed E-state index contributed by atoms with van der Waals surface area (Å²) in [6.45, 7) is 11.4. The number of hydrogen-bond acceptors (Lipinski definition) is 1. The summed E-state index contributed by atoms with van der Waals surface area (Å²) in [4.78, 5) is 0. The van der Waals surface area contributed by atoms with Crippen LogP contribution in [0.5, 0.6) is 0 Å². The molecular formula is C17H29N. The van der Waals surface area contributed by atoms with Gasteiger partial charge >= 0.3 is 0 Å². The summed E-state index contributed by atoms with van der Waals surface area (Å²) in [5, 5.41) is 3.51. The lowest BCUT2D eigenvalue weighted by Crippen LogP contribution is -2.23. The van der Waals surface area contributed by atoms with Crippen molar-refractivity contribution in [2.75, 3.05) is 13.1 Å². The quantitative estimate of drug-likeness (QED) is 0.715. The Kier molecular flexibility index (Phi) is 7.04. The minimum atomic E-state index is 0.653. The van der Waals surface area contributed by atoms with Crippen molar-refractivity contribution in [3.05, 3.63) is 35.9 Å². The zero-order valence-corrected chi connectivity index (χ0v) is 12.4. The van der Waals surface area contributed by atoms with E-state index in [2.05, 4.69) is 63.3 Å². The van der Waals surface area contributed by atoms with E-state index in [1.807, 2.05) is 0 Å². The molecule has 102 valence electrons. The molecule has 0 fully saturated rings. The molecule has 0 spiro atoms. The first-order chi connectivity index (χ1) is 8.63. The Morgan fingerprint density at radius 3 is 2.22 bits per heavy atom. The Morgan fingerprint density at radius 2 is 1.67 bits per heavy atom. The van der Waals surface area contributed by atoms with Crippen LogP contribution < -0.4 is 5.32 Å². The fourth-order valence-corrected chi connectivity index (χ4v) is 2.77. The molecule has 1 aromatic rings. The van der Waals surface area contributed by atoms with Gasteiger partial charge in [-0.05, 0) is 42.7 Å². The number of likely N-dealkylation sites (N-methyl/N-ethyl adjacent to an activating group) is 1. The number of nitrogens with one attached hydrogen (secondary N) is 1. The van der Waals surface area contributed by atoms with Gasteiger partial charge in [0.25, 0.3) is 0 Å². The third-order valence-electron chi connectivity index (χ3n) is 3.47. The monoisotopic (exact) mass is 247 g/mol. The van der Waals surface area contributed by atoms with Crippen LogP contribution in [0.3, 0.4) is 0 Å². The van der Waals surface area contributed by atoms with Crippen LogP contribution in [0.4, 0.5) is 0 Å². The van der Waals surface area contributed by atoms with E-state index in [-0.39, 0.29) is 0 Å². The lowest BCUT2D eigenvalue weighted by atomic mass is 9.85. The van der Waals surface area contributed by atoms with Gasteiger partial charge in [0, 0.05) is 6.54 Å². The molecule has 18 heavy (non-hydrogen) atoms. The van der Waals surface area contributed by atoms with E-state index in [0.29, 0.717) is 5.92 Å². The highest BCUT2D eigenvalue weighted by Crippen LogP contribution is 2.26. The van der Waals surface area contributed by atoms with E-state index in [1.165, 1.54) is 18.4 Å². The molecule has 0 radical (unpaired) electrons. The van der Waals surface area contributed by atoms with Crippen molar-refractivity contribution in [2.45, 2.75) is 46.5 Å². The van der Waals surface area contributed by atoms with Gasteiger partial charge in [0.2, 0.25) is 0 Å². The second kappa shape index (κ2) is 8.31. The Bertz CT molecular complexity index is 305. The molecule has 2 unspecified atom stereocenters. The second-order valence-electron chi connectivity index (χ2n) is 5.89. The van der Waals surface area contributed by atoms with Crippen LogP contribution in [-0.2, 0) is 0 Å². The first kappa shape index (κ1) is 15.2. The van der Waals surface area contributed by atoms with Gasteiger partial charge in [-0.25, -0.2) is 0 Å². The fraction of sp³-hybridized carbons (Fsp3) is 0.647. The standard InChI is InChI=1S/C17H29N/c1-5-18-13-17(12-15(4)11-14(2)3)16-9-7-6-8-10-16/h6-10,14-15,17-18H,5,11-13H2,1-4H3. The van der Waals surface area contributed by atoms with Gasteiger partial charge in [0.15, 0.2) is 0 Å². The smallest absolute Gasteiger partial charge is 0.00201 e. The van der Waals surface area contributed by atoms with E-state index >= 15 is 0 Å². The zero-order valence-electron chi connectivity index (χ0n) is 12.4. The molecule has 2 atom stereocenters. The maximum Gasteiger partial charge on any atom is 0.00201 e. The van der Waals surface area contributed by atoms with Crippen LogP contribution in [0.1, 0.15) is 52.0 Å². The zero-order chi connectivity index (χ0) is 13.4. The molecule has 0 aromatic heterocycles. The molecule has 1 rings (SSSR count). The van der Waals surface area contributed by atoms with Crippen molar-refractivity contribution in [2.24, 2.45) is 11.8 Å². The van der Waals surface area contributed by atoms with Gasteiger partial charge in [-0.2, -0.15) is 0 Å². The van der Waals surface area contributed by atoms with Crippen LogP contribution in [0.25, 0.3) is 0 Å². The van der Waals surface area contributed by atoms with Gasteiger partial charge < -0.3 is 5.32 Å². The van der Waals surface area contributed by atoms with Crippen LogP contribution in [-0.4, -0.2) is 13.1 Å². The van der Waals surface area contributed by atoms with Crippen molar-refractivity contribution < 1.29 is 0 Å². The van der Waals surface area contributed by atoms with Crippen LogP contribution in [0.15, 0.2) is 30.3 Å². The molecule has 1 heteroatoms. The first-order valence-electron chi connectivity index (χ1n) is 7.39. The highest BCUT2D eigenvalue weighted by atomic mass is 14.8. The molecule has 0 amide bonds. The van der Waals surface area contributed by atoms with Crippen molar-refractivity contribution in [1.82, 2.24) is 5.32 Å². The number of hydrogen-bond donors (Lipinski definition) is 1. The van der Waals surface area contributed by atoms with E-state index in [4.69, 9.17) is 0 Å². The van der Waals surface area contributed by atoms with Gasteiger partial charge in [-0.15, -0.1) is 0 Å². The van der Waals surface area contributed by atoms with Crippen molar-refractivity contribution >= 4 is 0 Å². The van der Waals surface area contributed by atoms with E-state index < -0.39 is 0 Å². The summed E-state index contributed by atoms with van der Waals surface area (Å²) in [6, 6.07) is 10.9. The van der Waals surface area contributed by atoms with Gasteiger partial charge in [-0.3, -0.25) is 0 Å². The molecule has 0 aliphatic carbocycles. The highest BCUT2D eigenvalue weighted by Gasteiger charge is 2.15. The van der Waals surface area contributed by atoms with Gasteiger partial charge in [0.1, 0.15) is 0 Å². The maximum atomic E-state index is 3.51. The van der Waals surface area contributed by atoms with Crippen molar-refractivity contribution in [3.63, 3.8) is 0 Å². The molecular weight excluding hydrogens is 218 g/mol. The Labute approximate surface area is 113 Å². The third kappa shape index (κ3) is 5.68. The van der Waals surface area contributed by atoms with Crippen molar-refractivity contribution in [3.8, 4) is 0 Å². The molecule has 1 aromatic carbocycles. The van der Waals surface area contributed by atoms with Crippen LogP contribution in [0, 0.1) is 11.8 Å². The Morgan fingerprint density at radius 1 is 1.00 bits per heavy atom. The van der Waals surface area contributed by atoms with Gasteiger partial charge in [0.05, 0.1) is 0 Å². The molecule has 0 heterocycles. The average Bonchev–Trinajstić information content (AvgIpc) is 2.34. The molecule has 0 saturated carbocycles.